The van der Waals surface area contributed by atoms with E-state index in [4.69, 9.17) is 10.5 Å². The van der Waals surface area contributed by atoms with Crippen LogP contribution in [0.5, 0.6) is 0 Å². The summed E-state index contributed by atoms with van der Waals surface area (Å²) >= 11 is 0. The van der Waals surface area contributed by atoms with Crippen molar-refractivity contribution in [2.75, 3.05) is 33.3 Å². The van der Waals surface area contributed by atoms with Crippen LogP contribution < -0.4 is 5.73 Å². The van der Waals surface area contributed by atoms with Crippen LogP contribution in [0, 0.1) is 11.8 Å². The molecule has 0 aromatic carbocycles. The highest BCUT2D eigenvalue weighted by Crippen LogP contribution is 2.23. The summed E-state index contributed by atoms with van der Waals surface area (Å²) in [6.45, 7) is 11.0. The highest BCUT2D eigenvalue weighted by molar-refractivity contribution is 4.80. The van der Waals surface area contributed by atoms with Gasteiger partial charge in [-0.25, -0.2) is 0 Å². The third kappa shape index (κ3) is 4.04. The van der Waals surface area contributed by atoms with Crippen molar-refractivity contribution in [3.8, 4) is 0 Å². The van der Waals surface area contributed by atoms with Gasteiger partial charge in [-0.1, -0.05) is 6.92 Å². The first-order valence-corrected chi connectivity index (χ1v) is 6.46. The first-order valence-electron chi connectivity index (χ1n) is 6.46. The van der Waals surface area contributed by atoms with Crippen molar-refractivity contribution in [2.24, 2.45) is 17.6 Å². The van der Waals surface area contributed by atoms with Crippen molar-refractivity contribution in [1.82, 2.24) is 4.90 Å². The van der Waals surface area contributed by atoms with Crippen molar-refractivity contribution in [1.29, 1.82) is 0 Å². The molecule has 1 heterocycles. The Hall–Kier alpha value is -0.120. The molecule has 1 rings (SSSR count). The molecule has 2 unspecified atom stereocenters. The molecule has 0 saturated carbocycles. The Bertz CT molecular complexity index is 206. The lowest BCUT2D eigenvalue weighted by Gasteiger charge is -2.37. The third-order valence-electron chi connectivity index (χ3n) is 4.05. The van der Waals surface area contributed by atoms with E-state index in [-0.39, 0.29) is 5.60 Å². The van der Waals surface area contributed by atoms with Crippen molar-refractivity contribution in [3.05, 3.63) is 0 Å². The highest BCUT2D eigenvalue weighted by atomic mass is 16.5. The fourth-order valence-corrected chi connectivity index (χ4v) is 2.36. The van der Waals surface area contributed by atoms with Gasteiger partial charge in [0.1, 0.15) is 0 Å². The zero-order valence-electron chi connectivity index (χ0n) is 11.3. The number of likely N-dealkylation sites (tertiary alicyclic amines) is 1. The molecule has 1 aliphatic heterocycles. The van der Waals surface area contributed by atoms with E-state index in [1.807, 2.05) is 0 Å². The van der Waals surface area contributed by atoms with Crippen LogP contribution >= 0.6 is 0 Å². The van der Waals surface area contributed by atoms with Crippen LogP contribution in [0.2, 0.25) is 0 Å². The predicted octanol–water partition coefficient (Wildman–Crippen LogP) is 1.72. The molecule has 0 aliphatic carbocycles. The van der Waals surface area contributed by atoms with E-state index in [1.165, 1.54) is 19.5 Å². The molecule has 3 heteroatoms. The molecular weight excluding hydrogens is 200 g/mol. The second-order valence-electron chi connectivity index (χ2n) is 5.78. The number of nitrogens with zero attached hydrogens (tertiary/aromatic N) is 1. The standard InChI is InChI=1S/C13H28N2O/c1-11-10-15(7-5-12(11)9-14)8-6-13(2,3)16-4/h11-12H,5-10,14H2,1-4H3. The normalized spacial score (nSPS) is 28.3. The molecule has 0 amide bonds. The first kappa shape index (κ1) is 13.9. The largest absolute Gasteiger partial charge is 0.379 e. The van der Waals surface area contributed by atoms with Crippen LogP contribution in [-0.4, -0.2) is 43.8 Å². The molecule has 2 N–H and O–H groups in total. The number of piperidine rings is 1. The molecule has 0 radical (unpaired) electrons. The van der Waals surface area contributed by atoms with Crippen molar-refractivity contribution >= 4 is 0 Å². The maximum atomic E-state index is 5.77. The average molecular weight is 228 g/mol. The number of rotatable bonds is 5. The van der Waals surface area contributed by atoms with Crippen molar-refractivity contribution in [2.45, 2.75) is 39.2 Å². The van der Waals surface area contributed by atoms with Gasteiger partial charge in [0.2, 0.25) is 0 Å². The third-order valence-corrected chi connectivity index (χ3v) is 4.05. The summed E-state index contributed by atoms with van der Waals surface area (Å²) in [4.78, 5) is 2.55. The van der Waals surface area contributed by atoms with Gasteiger partial charge in [-0.2, -0.15) is 0 Å². The molecular formula is C13H28N2O. The fourth-order valence-electron chi connectivity index (χ4n) is 2.36. The van der Waals surface area contributed by atoms with Crippen LogP contribution in [0.1, 0.15) is 33.6 Å². The number of hydrogen-bond acceptors (Lipinski definition) is 3. The maximum absolute atomic E-state index is 5.77. The van der Waals surface area contributed by atoms with Gasteiger partial charge in [-0.05, 0) is 51.6 Å². The molecule has 0 spiro atoms. The van der Waals surface area contributed by atoms with Gasteiger partial charge < -0.3 is 15.4 Å². The van der Waals surface area contributed by atoms with Crippen molar-refractivity contribution < 1.29 is 4.74 Å². The minimum Gasteiger partial charge on any atom is -0.379 e. The molecule has 0 aromatic heterocycles. The van der Waals surface area contributed by atoms with Gasteiger partial charge in [-0.15, -0.1) is 0 Å². The first-order chi connectivity index (χ1) is 7.48. The van der Waals surface area contributed by atoms with Gasteiger partial charge in [0.05, 0.1) is 5.60 Å². The summed E-state index contributed by atoms with van der Waals surface area (Å²) in [6.07, 6.45) is 2.36. The average Bonchev–Trinajstić information content (AvgIpc) is 2.27. The monoisotopic (exact) mass is 228 g/mol. The van der Waals surface area contributed by atoms with E-state index >= 15 is 0 Å². The van der Waals surface area contributed by atoms with E-state index in [0.717, 1.165) is 31.3 Å². The molecule has 16 heavy (non-hydrogen) atoms. The number of nitrogens with two attached hydrogens (primary N) is 1. The number of hydrogen-bond donors (Lipinski definition) is 1. The Balaban J connectivity index is 2.30. The van der Waals surface area contributed by atoms with Crippen LogP contribution in [0.3, 0.4) is 0 Å². The fraction of sp³-hybridized carbons (Fsp3) is 1.00. The minimum atomic E-state index is 0.00789. The molecule has 3 nitrogen and oxygen atoms in total. The van der Waals surface area contributed by atoms with Gasteiger partial charge in [-0.3, -0.25) is 0 Å². The quantitative estimate of drug-likeness (QED) is 0.778. The molecule has 0 aromatic rings. The minimum absolute atomic E-state index is 0.00789. The molecule has 1 aliphatic rings. The topological polar surface area (TPSA) is 38.5 Å². The van der Waals surface area contributed by atoms with Crippen LogP contribution in [0.25, 0.3) is 0 Å². The zero-order chi connectivity index (χ0) is 12.2. The van der Waals surface area contributed by atoms with E-state index in [2.05, 4.69) is 25.7 Å². The Morgan fingerprint density at radius 2 is 2.12 bits per heavy atom. The molecule has 1 saturated heterocycles. The van der Waals surface area contributed by atoms with E-state index in [9.17, 15) is 0 Å². The van der Waals surface area contributed by atoms with Crippen LogP contribution in [0.4, 0.5) is 0 Å². The Labute approximate surface area is 100 Å². The Morgan fingerprint density at radius 1 is 1.44 bits per heavy atom. The molecule has 0 bridgehead atoms. The summed E-state index contributed by atoms with van der Waals surface area (Å²) in [5.41, 5.74) is 5.77. The molecule has 1 fully saturated rings. The lowest BCUT2D eigenvalue weighted by molar-refractivity contribution is 0.00220. The van der Waals surface area contributed by atoms with Crippen molar-refractivity contribution in [3.63, 3.8) is 0 Å². The van der Waals surface area contributed by atoms with Gasteiger partial charge in [0.25, 0.3) is 0 Å². The second kappa shape index (κ2) is 5.99. The summed E-state index contributed by atoms with van der Waals surface area (Å²) in [7, 11) is 1.79. The van der Waals surface area contributed by atoms with Gasteiger partial charge in [0, 0.05) is 20.2 Å². The lowest BCUT2D eigenvalue weighted by atomic mass is 9.87. The second-order valence-corrected chi connectivity index (χ2v) is 5.78. The number of ether oxygens (including phenoxy) is 1. The maximum Gasteiger partial charge on any atom is 0.0634 e. The lowest BCUT2D eigenvalue weighted by Crippen LogP contribution is -2.43. The number of methoxy groups -OCH3 is 1. The van der Waals surface area contributed by atoms with E-state index in [1.54, 1.807) is 7.11 Å². The molecule has 96 valence electrons. The summed E-state index contributed by atoms with van der Waals surface area (Å²) in [5.74, 6) is 1.47. The highest BCUT2D eigenvalue weighted by Gasteiger charge is 2.26. The summed E-state index contributed by atoms with van der Waals surface area (Å²) in [6, 6.07) is 0. The van der Waals surface area contributed by atoms with Gasteiger partial charge >= 0.3 is 0 Å². The SMILES string of the molecule is COC(C)(C)CCN1CCC(CN)C(C)C1. The Kier molecular flexibility index (Phi) is 5.22. The predicted molar refractivity (Wildman–Crippen MR) is 68.5 cm³/mol. The van der Waals surface area contributed by atoms with Crippen LogP contribution in [-0.2, 0) is 4.74 Å². The summed E-state index contributed by atoms with van der Waals surface area (Å²) in [5, 5.41) is 0. The summed E-state index contributed by atoms with van der Waals surface area (Å²) < 4.78 is 5.45. The Morgan fingerprint density at radius 3 is 2.62 bits per heavy atom. The smallest absolute Gasteiger partial charge is 0.0634 e. The van der Waals surface area contributed by atoms with E-state index in [0.29, 0.717) is 0 Å². The van der Waals surface area contributed by atoms with Crippen LogP contribution in [0.15, 0.2) is 0 Å². The molecule has 2 atom stereocenters. The van der Waals surface area contributed by atoms with Gasteiger partial charge in [0.15, 0.2) is 0 Å². The zero-order valence-corrected chi connectivity index (χ0v) is 11.3. The van der Waals surface area contributed by atoms with E-state index < -0.39 is 0 Å².